The standard InChI is InChI=1S/C22H20FN3O3/c1-24-14-16(19-17(23)8-5-9-18(19)24)20(27)22(29)26-12-10-25(11-13-26)21(28)15-6-3-2-4-7-15/h2-9,14H,10-13H2,1H3. The van der Waals surface area contributed by atoms with Gasteiger partial charge in [-0.1, -0.05) is 24.3 Å². The second kappa shape index (κ2) is 7.50. The van der Waals surface area contributed by atoms with Crippen LogP contribution in [-0.4, -0.2) is 58.1 Å². The summed E-state index contributed by atoms with van der Waals surface area (Å²) in [5.41, 5.74) is 1.21. The molecule has 1 saturated heterocycles. The van der Waals surface area contributed by atoms with Crippen molar-refractivity contribution >= 4 is 28.5 Å². The fourth-order valence-electron chi connectivity index (χ4n) is 3.71. The van der Waals surface area contributed by atoms with E-state index in [1.54, 1.807) is 52.9 Å². The summed E-state index contributed by atoms with van der Waals surface area (Å²) in [5, 5.41) is 0.159. The van der Waals surface area contributed by atoms with Crippen molar-refractivity contribution < 1.29 is 18.8 Å². The van der Waals surface area contributed by atoms with Crippen LogP contribution in [0, 0.1) is 5.82 Å². The molecule has 2 heterocycles. The van der Waals surface area contributed by atoms with Gasteiger partial charge in [-0.2, -0.15) is 0 Å². The van der Waals surface area contributed by atoms with E-state index in [0.29, 0.717) is 24.2 Å². The summed E-state index contributed by atoms with van der Waals surface area (Å²) >= 11 is 0. The SMILES string of the molecule is Cn1cc(C(=O)C(=O)N2CCN(C(=O)c3ccccc3)CC2)c2c(F)cccc21. The Morgan fingerprint density at radius 1 is 0.862 bits per heavy atom. The van der Waals surface area contributed by atoms with Gasteiger partial charge in [-0.3, -0.25) is 14.4 Å². The molecule has 7 heteroatoms. The second-order valence-electron chi connectivity index (χ2n) is 7.07. The van der Waals surface area contributed by atoms with Crippen molar-refractivity contribution in [3.63, 3.8) is 0 Å². The van der Waals surface area contributed by atoms with Gasteiger partial charge in [0.15, 0.2) is 0 Å². The summed E-state index contributed by atoms with van der Waals surface area (Å²) in [6.07, 6.45) is 1.49. The van der Waals surface area contributed by atoms with E-state index in [0.717, 1.165) is 0 Å². The number of carbonyl (C=O) groups excluding carboxylic acids is 3. The first kappa shape index (κ1) is 18.9. The molecule has 2 amide bonds. The summed E-state index contributed by atoms with van der Waals surface area (Å²) in [4.78, 5) is 41.2. The van der Waals surface area contributed by atoms with E-state index >= 15 is 0 Å². The summed E-state index contributed by atoms with van der Waals surface area (Å²) in [6, 6.07) is 13.5. The number of nitrogens with zero attached hydrogens (tertiary/aromatic N) is 3. The van der Waals surface area contributed by atoms with Gasteiger partial charge in [0.1, 0.15) is 5.82 Å². The molecule has 29 heavy (non-hydrogen) atoms. The predicted octanol–water partition coefficient (Wildman–Crippen LogP) is 2.48. The van der Waals surface area contributed by atoms with Gasteiger partial charge in [0.05, 0.1) is 11.1 Å². The quantitative estimate of drug-likeness (QED) is 0.507. The molecule has 148 valence electrons. The van der Waals surface area contributed by atoms with Crippen molar-refractivity contribution in [1.82, 2.24) is 14.4 Å². The van der Waals surface area contributed by atoms with E-state index in [2.05, 4.69) is 0 Å². The second-order valence-corrected chi connectivity index (χ2v) is 7.07. The van der Waals surface area contributed by atoms with E-state index in [1.165, 1.54) is 17.2 Å². The Bertz CT molecular complexity index is 1100. The van der Waals surface area contributed by atoms with Gasteiger partial charge < -0.3 is 14.4 Å². The van der Waals surface area contributed by atoms with Gasteiger partial charge in [-0.25, -0.2) is 4.39 Å². The number of fused-ring (bicyclic) bond motifs is 1. The predicted molar refractivity (Wildman–Crippen MR) is 106 cm³/mol. The van der Waals surface area contributed by atoms with Crippen molar-refractivity contribution in [2.75, 3.05) is 26.2 Å². The number of rotatable bonds is 3. The minimum Gasteiger partial charge on any atom is -0.350 e. The number of carbonyl (C=O) groups is 3. The van der Waals surface area contributed by atoms with Crippen molar-refractivity contribution in [1.29, 1.82) is 0 Å². The van der Waals surface area contributed by atoms with E-state index in [9.17, 15) is 18.8 Å². The van der Waals surface area contributed by atoms with Gasteiger partial charge >= 0.3 is 0 Å². The van der Waals surface area contributed by atoms with Gasteiger partial charge in [-0.15, -0.1) is 0 Å². The molecule has 1 aliphatic heterocycles. The zero-order valence-corrected chi connectivity index (χ0v) is 16.0. The van der Waals surface area contributed by atoms with Crippen LogP contribution in [0.3, 0.4) is 0 Å². The molecule has 2 aromatic carbocycles. The van der Waals surface area contributed by atoms with Crippen LogP contribution in [-0.2, 0) is 11.8 Å². The molecule has 0 atom stereocenters. The molecule has 0 spiro atoms. The van der Waals surface area contributed by atoms with Crippen molar-refractivity contribution in [3.8, 4) is 0 Å². The molecular formula is C22H20FN3O3. The van der Waals surface area contributed by atoms with Gasteiger partial charge in [0.25, 0.3) is 17.6 Å². The maximum atomic E-state index is 14.3. The first-order valence-electron chi connectivity index (χ1n) is 9.39. The number of Topliss-reactive ketones (excluding diaryl/α,β-unsaturated/α-hetero) is 1. The Balaban J connectivity index is 1.48. The van der Waals surface area contributed by atoms with E-state index < -0.39 is 17.5 Å². The van der Waals surface area contributed by atoms with Crippen LogP contribution in [0.15, 0.2) is 54.7 Å². The normalized spacial score (nSPS) is 14.3. The number of hydrogen-bond acceptors (Lipinski definition) is 3. The summed E-state index contributed by atoms with van der Waals surface area (Å²) in [6.45, 7) is 1.21. The third-order valence-electron chi connectivity index (χ3n) is 5.28. The molecule has 1 fully saturated rings. The van der Waals surface area contributed by atoms with Gasteiger partial charge in [0, 0.05) is 50.4 Å². The van der Waals surface area contributed by atoms with Gasteiger partial charge in [-0.05, 0) is 24.3 Å². The monoisotopic (exact) mass is 393 g/mol. The Hall–Kier alpha value is -3.48. The van der Waals surface area contributed by atoms with Crippen LogP contribution in [0.1, 0.15) is 20.7 Å². The maximum absolute atomic E-state index is 14.3. The topological polar surface area (TPSA) is 62.6 Å². The van der Waals surface area contributed by atoms with Crippen LogP contribution in [0.25, 0.3) is 10.9 Å². The molecule has 0 radical (unpaired) electrons. The zero-order valence-electron chi connectivity index (χ0n) is 16.0. The highest BCUT2D eigenvalue weighted by atomic mass is 19.1. The molecule has 1 aliphatic rings. The lowest BCUT2D eigenvalue weighted by molar-refractivity contribution is -0.127. The van der Waals surface area contributed by atoms with Crippen LogP contribution in [0.5, 0.6) is 0 Å². The third-order valence-corrected chi connectivity index (χ3v) is 5.28. The molecule has 0 N–H and O–H groups in total. The highest BCUT2D eigenvalue weighted by Crippen LogP contribution is 2.24. The van der Waals surface area contributed by atoms with Crippen molar-refractivity contribution in [2.24, 2.45) is 7.05 Å². The van der Waals surface area contributed by atoms with Crippen molar-refractivity contribution in [2.45, 2.75) is 0 Å². The summed E-state index contributed by atoms with van der Waals surface area (Å²) < 4.78 is 15.9. The van der Waals surface area contributed by atoms with E-state index in [1.807, 2.05) is 6.07 Å². The minimum absolute atomic E-state index is 0.0633. The number of hydrogen-bond donors (Lipinski definition) is 0. The number of piperazine rings is 1. The molecule has 0 unspecified atom stereocenters. The van der Waals surface area contributed by atoms with Crippen molar-refractivity contribution in [3.05, 3.63) is 71.7 Å². The molecular weight excluding hydrogens is 373 g/mol. The number of amides is 2. The molecule has 0 bridgehead atoms. The first-order chi connectivity index (χ1) is 14.0. The summed E-state index contributed by atoms with van der Waals surface area (Å²) in [7, 11) is 1.71. The number of aryl methyl sites for hydroxylation is 1. The average molecular weight is 393 g/mol. The van der Waals surface area contributed by atoms with Crippen LogP contribution < -0.4 is 0 Å². The average Bonchev–Trinajstić information content (AvgIpc) is 3.11. The lowest BCUT2D eigenvalue weighted by Gasteiger charge is -2.34. The Morgan fingerprint density at radius 2 is 1.52 bits per heavy atom. The summed E-state index contributed by atoms with van der Waals surface area (Å²) in [5.74, 6) is -2.03. The highest BCUT2D eigenvalue weighted by Gasteiger charge is 2.30. The number of ketones is 1. The Kier molecular flexibility index (Phi) is 4.88. The van der Waals surface area contributed by atoms with Crippen LogP contribution >= 0.6 is 0 Å². The maximum Gasteiger partial charge on any atom is 0.295 e. The third kappa shape index (κ3) is 3.40. The zero-order chi connectivity index (χ0) is 20.5. The van der Waals surface area contributed by atoms with Gasteiger partial charge in [0.2, 0.25) is 0 Å². The number of benzene rings is 2. The van der Waals surface area contributed by atoms with Crippen LogP contribution in [0.4, 0.5) is 4.39 Å². The smallest absolute Gasteiger partial charge is 0.295 e. The fourth-order valence-corrected chi connectivity index (χ4v) is 3.71. The molecule has 0 aliphatic carbocycles. The van der Waals surface area contributed by atoms with E-state index in [4.69, 9.17) is 0 Å². The fraction of sp³-hybridized carbons (Fsp3) is 0.227. The molecule has 4 rings (SSSR count). The van der Waals surface area contributed by atoms with Crippen LogP contribution in [0.2, 0.25) is 0 Å². The molecule has 1 aromatic heterocycles. The van der Waals surface area contributed by atoms with E-state index in [-0.39, 0.29) is 29.9 Å². The molecule has 3 aromatic rings. The Morgan fingerprint density at radius 3 is 2.21 bits per heavy atom. The highest BCUT2D eigenvalue weighted by molar-refractivity contribution is 6.45. The molecule has 6 nitrogen and oxygen atoms in total. The number of aromatic nitrogens is 1. The largest absolute Gasteiger partial charge is 0.350 e. The lowest BCUT2D eigenvalue weighted by Crippen LogP contribution is -2.52. The Labute approximate surface area is 167 Å². The lowest BCUT2D eigenvalue weighted by atomic mass is 10.1. The number of halogens is 1. The first-order valence-corrected chi connectivity index (χ1v) is 9.39. The molecule has 0 saturated carbocycles. The minimum atomic E-state index is -0.733.